The van der Waals surface area contributed by atoms with E-state index in [0.29, 0.717) is 9.76 Å². The monoisotopic (exact) mass is 283 g/mol. The lowest BCUT2D eigenvalue weighted by Gasteiger charge is -2.32. The lowest BCUT2D eigenvalue weighted by molar-refractivity contribution is 0.301. The predicted octanol–water partition coefficient (Wildman–Crippen LogP) is 3.36. The van der Waals surface area contributed by atoms with Crippen molar-refractivity contribution in [2.45, 2.75) is 82.6 Å². The lowest BCUT2D eigenvalue weighted by atomic mass is 9.84. The van der Waals surface area contributed by atoms with Gasteiger partial charge in [0, 0.05) is 0 Å². The van der Waals surface area contributed by atoms with Crippen molar-refractivity contribution in [2.24, 2.45) is 11.8 Å². The number of hydrogen-bond acceptors (Lipinski definition) is 1. The van der Waals surface area contributed by atoms with Crippen LogP contribution in [-0.2, 0) is 4.12 Å². The highest BCUT2D eigenvalue weighted by atomic mass is 28.3. The van der Waals surface area contributed by atoms with Gasteiger partial charge < -0.3 is 4.12 Å². The standard InChI is InChI=1S/C15H31OSi2/c17-16-18-15(13-9-5-1-2-6-10-13)14-11-7-3-4-8-12-14/h13-15,18H,1-12H2,17H3. The molecule has 2 aliphatic carbocycles. The molecule has 0 amide bonds. The van der Waals surface area contributed by atoms with Crippen LogP contribution in [0.4, 0.5) is 0 Å². The fraction of sp³-hybridized carbons (Fsp3) is 1.00. The Kier molecular flexibility index (Phi) is 7.02. The van der Waals surface area contributed by atoms with Crippen LogP contribution in [0.15, 0.2) is 0 Å². The SMILES string of the molecule is [SiH3]O[SiH]C(C1CCCCCC1)C1CCCCCC1. The number of hydrogen-bond donors (Lipinski definition) is 0. The highest BCUT2D eigenvalue weighted by molar-refractivity contribution is 6.36. The van der Waals surface area contributed by atoms with Gasteiger partial charge in [-0.2, -0.15) is 0 Å². The first-order valence-corrected chi connectivity index (χ1v) is 10.2. The van der Waals surface area contributed by atoms with E-state index in [4.69, 9.17) is 4.12 Å². The molecule has 2 fully saturated rings. The second kappa shape index (κ2) is 8.54. The molecule has 0 heterocycles. The molecule has 2 rings (SSSR count). The van der Waals surface area contributed by atoms with Crippen molar-refractivity contribution in [3.8, 4) is 0 Å². The van der Waals surface area contributed by atoms with Gasteiger partial charge in [-0.15, -0.1) is 0 Å². The van der Waals surface area contributed by atoms with Gasteiger partial charge in [0.1, 0.15) is 10.5 Å². The Morgan fingerprint density at radius 1 is 0.722 bits per heavy atom. The maximum atomic E-state index is 5.81. The van der Waals surface area contributed by atoms with E-state index >= 15 is 0 Å². The first-order chi connectivity index (χ1) is 8.92. The third kappa shape index (κ3) is 4.50. The normalized spacial score (nSPS) is 25.2. The van der Waals surface area contributed by atoms with E-state index in [9.17, 15) is 0 Å². The number of rotatable bonds is 4. The summed E-state index contributed by atoms with van der Waals surface area (Å²) in [6, 6.07) is 0. The van der Waals surface area contributed by atoms with E-state index in [2.05, 4.69) is 0 Å². The lowest BCUT2D eigenvalue weighted by Crippen LogP contribution is -2.25. The van der Waals surface area contributed by atoms with E-state index in [1.54, 1.807) is 0 Å². The van der Waals surface area contributed by atoms with Crippen LogP contribution < -0.4 is 0 Å². The van der Waals surface area contributed by atoms with Gasteiger partial charge in [-0.25, -0.2) is 0 Å². The average Bonchev–Trinajstić information content (AvgIpc) is 2.80. The van der Waals surface area contributed by atoms with Crippen molar-refractivity contribution in [1.29, 1.82) is 0 Å². The summed E-state index contributed by atoms with van der Waals surface area (Å²) in [5.74, 6) is 2.05. The molecule has 0 bridgehead atoms. The quantitative estimate of drug-likeness (QED) is 0.568. The molecular weight excluding hydrogens is 252 g/mol. The van der Waals surface area contributed by atoms with E-state index in [1.165, 1.54) is 77.0 Å². The molecule has 0 saturated heterocycles. The smallest absolute Gasteiger partial charge is 0.181 e. The fourth-order valence-electron chi connectivity index (χ4n) is 4.16. The van der Waals surface area contributed by atoms with Gasteiger partial charge >= 0.3 is 0 Å². The summed E-state index contributed by atoms with van der Waals surface area (Å²) < 4.78 is 5.81. The van der Waals surface area contributed by atoms with E-state index in [0.717, 1.165) is 27.9 Å². The Bertz CT molecular complexity index is 187. The Labute approximate surface area is 119 Å². The van der Waals surface area contributed by atoms with Crippen LogP contribution in [0.3, 0.4) is 0 Å². The highest BCUT2D eigenvalue weighted by Crippen LogP contribution is 2.42. The average molecular weight is 284 g/mol. The van der Waals surface area contributed by atoms with Crippen molar-refractivity contribution in [1.82, 2.24) is 0 Å². The van der Waals surface area contributed by atoms with Crippen LogP contribution in [0.5, 0.6) is 0 Å². The first-order valence-electron chi connectivity index (χ1n) is 8.28. The Morgan fingerprint density at radius 3 is 1.44 bits per heavy atom. The van der Waals surface area contributed by atoms with Crippen LogP contribution in [-0.4, -0.2) is 20.2 Å². The molecule has 2 aliphatic rings. The summed E-state index contributed by atoms with van der Waals surface area (Å²) in [7, 11) is 1.26. The molecule has 3 heteroatoms. The summed E-state index contributed by atoms with van der Waals surface area (Å²) >= 11 is 0. The molecule has 0 aromatic carbocycles. The highest BCUT2D eigenvalue weighted by Gasteiger charge is 2.30. The van der Waals surface area contributed by atoms with Crippen LogP contribution in [0.1, 0.15) is 77.0 Å². The van der Waals surface area contributed by atoms with Gasteiger partial charge in [0.2, 0.25) is 0 Å². The van der Waals surface area contributed by atoms with Gasteiger partial charge in [-0.05, 0) is 17.4 Å². The van der Waals surface area contributed by atoms with E-state index in [1.807, 2.05) is 0 Å². The molecule has 0 spiro atoms. The third-order valence-electron chi connectivity index (χ3n) is 5.18. The van der Waals surface area contributed by atoms with E-state index < -0.39 is 0 Å². The second-order valence-corrected chi connectivity index (χ2v) is 9.38. The van der Waals surface area contributed by atoms with Crippen molar-refractivity contribution in [2.75, 3.05) is 0 Å². The molecule has 1 radical (unpaired) electrons. The van der Waals surface area contributed by atoms with Crippen molar-refractivity contribution < 1.29 is 4.12 Å². The van der Waals surface area contributed by atoms with Gasteiger partial charge in [-0.3, -0.25) is 0 Å². The predicted molar refractivity (Wildman–Crippen MR) is 84.3 cm³/mol. The minimum atomic E-state index is 0.300. The Hall–Kier alpha value is 0.394. The summed E-state index contributed by atoms with van der Waals surface area (Å²) in [6.07, 6.45) is 18.0. The second-order valence-electron chi connectivity index (χ2n) is 6.45. The zero-order valence-corrected chi connectivity index (χ0v) is 15.4. The molecule has 0 aromatic rings. The molecule has 0 aliphatic heterocycles. The third-order valence-corrected chi connectivity index (χ3v) is 7.67. The zero-order valence-electron chi connectivity index (χ0n) is 12.2. The van der Waals surface area contributed by atoms with Crippen molar-refractivity contribution in [3.63, 3.8) is 0 Å². The molecule has 18 heavy (non-hydrogen) atoms. The molecule has 0 unspecified atom stereocenters. The van der Waals surface area contributed by atoms with Crippen molar-refractivity contribution >= 4 is 20.2 Å². The van der Waals surface area contributed by atoms with Gasteiger partial charge in [0.05, 0.1) is 0 Å². The van der Waals surface area contributed by atoms with Crippen LogP contribution in [0.2, 0.25) is 5.54 Å². The molecule has 2 saturated carbocycles. The van der Waals surface area contributed by atoms with Crippen LogP contribution in [0, 0.1) is 11.8 Å². The maximum absolute atomic E-state index is 5.81. The van der Waals surface area contributed by atoms with Crippen LogP contribution in [0.25, 0.3) is 0 Å². The topological polar surface area (TPSA) is 9.23 Å². The van der Waals surface area contributed by atoms with Crippen molar-refractivity contribution in [3.05, 3.63) is 0 Å². The maximum Gasteiger partial charge on any atom is 0.181 e. The summed E-state index contributed by atoms with van der Waals surface area (Å²) in [5.41, 5.74) is 0.985. The zero-order chi connectivity index (χ0) is 12.6. The Morgan fingerprint density at radius 2 is 1.11 bits per heavy atom. The molecule has 0 atom stereocenters. The summed E-state index contributed by atoms with van der Waals surface area (Å²) in [4.78, 5) is 0. The molecule has 0 N–H and O–H groups in total. The van der Waals surface area contributed by atoms with Gasteiger partial charge in [-0.1, -0.05) is 77.0 Å². The van der Waals surface area contributed by atoms with Gasteiger partial charge in [0.25, 0.3) is 0 Å². The largest absolute Gasteiger partial charge is 0.466 e. The minimum Gasteiger partial charge on any atom is -0.466 e. The fourth-order valence-corrected chi connectivity index (χ4v) is 6.63. The van der Waals surface area contributed by atoms with Gasteiger partial charge in [0.15, 0.2) is 9.76 Å². The molecule has 105 valence electrons. The summed E-state index contributed by atoms with van der Waals surface area (Å²) in [5, 5.41) is 0. The van der Waals surface area contributed by atoms with E-state index in [-0.39, 0.29) is 0 Å². The molecule has 0 aromatic heterocycles. The first kappa shape index (κ1) is 14.8. The minimum absolute atomic E-state index is 0.300. The summed E-state index contributed by atoms with van der Waals surface area (Å²) in [6.45, 7) is 0. The van der Waals surface area contributed by atoms with Crippen LogP contribution >= 0.6 is 0 Å². The molecular formula is C15H31OSi2. The Balaban J connectivity index is 1.95. The molecule has 1 nitrogen and oxygen atoms in total.